The Labute approximate surface area is 71.2 Å². The van der Waals surface area contributed by atoms with Gasteiger partial charge in [-0.25, -0.2) is 0 Å². The Morgan fingerprint density at radius 2 is 1.75 bits per heavy atom. The van der Waals surface area contributed by atoms with Gasteiger partial charge in [0.15, 0.2) is 0 Å². The maximum atomic E-state index is 12.0. The van der Waals surface area contributed by atoms with E-state index in [0.717, 1.165) is 5.56 Å². The number of benzene rings is 1. The molecule has 0 aliphatic carbocycles. The molecule has 2 nitrogen and oxygen atoms in total. The summed E-state index contributed by atoms with van der Waals surface area (Å²) in [6, 6.07) is 8.95. The van der Waals surface area contributed by atoms with Gasteiger partial charge in [0, 0.05) is 0 Å². The van der Waals surface area contributed by atoms with E-state index in [9.17, 15) is 12.3 Å². The maximum Gasteiger partial charge on any atom is 0.302 e. The molecule has 1 rings (SSSR count). The van der Waals surface area contributed by atoms with E-state index in [0.29, 0.717) is 0 Å². The van der Waals surface area contributed by atoms with Crippen LogP contribution in [0.3, 0.4) is 0 Å². The summed E-state index contributed by atoms with van der Waals surface area (Å²) in [6.45, 7) is 0. The van der Waals surface area contributed by atoms with E-state index in [1.165, 1.54) is 0 Å². The van der Waals surface area contributed by atoms with Gasteiger partial charge in [-0.2, -0.15) is 8.42 Å². The van der Waals surface area contributed by atoms with Crippen molar-refractivity contribution < 1.29 is 12.3 Å². The van der Waals surface area contributed by atoms with Crippen LogP contribution in [0, 0.1) is 0 Å². The summed E-state index contributed by atoms with van der Waals surface area (Å²) in [4.78, 5) is 0. The molecule has 4 heteroatoms. The summed E-state index contributed by atoms with van der Waals surface area (Å²) in [5, 5.41) is 0. The molecule has 12 heavy (non-hydrogen) atoms. The number of aryl methyl sites for hydroxylation is 1. The second-order valence-electron chi connectivity index (χ2n) is 2.48. The molecular weight excluding hydrogens is 179 g/mol. The Balaban J connectivity index is 2.56. The lowest BCUT2D eigenvalue weighted by molar-refractivity contribution is 0.551. The molecule has 1 aromatic carbocycles. The third-order valence-electron chi connectivity index (χ3n) is 1.48. The minimum absolute atomic E-state index is 0.236. The van der Waals surface area contributed by atoms with Crippen molar-refractivity contribution in [1.82, 2.24) is 0 Å². The molecule has 0 heterocycles. The van der Waals surface area contributed by atoms with Crippen molar-refractivity contribution in [3.8, 4) is 0 Å². The van der Waals surface area contributed by atoms with Crippen LogP contribution in [0.5, 0.6) is 0 Å². The molecule has 0 unspecified atom stereocenters. The quantitative estimate of drug-likeness (QED) is 0.674. The normalized spacial score (nSPS) is 11.4. The summed E-state index contributed by atoms with van der Waals surface area (Å²) >= 11 is 0. The lowest BCUT2D eigenvalue weighted by Crippen LogP contribution is -2.01. The van der Waals surface area contributed by atoms with Crippen molar-refractivity contribution in [3.05, 3.63) is 35.9 Å². The van der Waals surface area contributed by atoms with Crippen LogP contribution in [0.15, 0.2) is 30.3 Å². The van der Waals surface area contributed by atoms with Crippen molar-refractivity contribution in [3.63, 3.8) is 0 Å². The van der Waals surface area contributed by atoms with Gasteiger partial charge in [-0.05, 0) is 12.0 Å². The second kappa shape index (κ2) is 3.67. The van der Waals surface area contributed by atoms with Crippen LogP contribution in [-0.2, 0) is 16.6 Å². The molecule has 0 bridgehead atoms. The Bertz CT molecular complexity index is 331. The van der Waals surface area contributed by atoms with Crippen molar-refractivity contribution in [2.75, 3.05) is 5.75 Å². The lowest BCUT2D eigenvalue weighted by atomic mass is 10.2. The van der Waals surface area contributed by atoms with Crippen LogP contribution in [0.4, 0.5) is 3.89 Å². The zero-order valence-corrected chi connectivity index (χ0v) is 7.22. The van der Waals surface area contributed by atoms with E-state index in [2.05, 4.69) is 0 Å². The molecule has 0 spiro atoms. The second-order valence-corrected chi connectivity index (χ2v) is 3.96. The van der Waals surface area contributed by atoms with Crippen LogP contribution in [0.2, 0.25) is 0 Å². The maximum absolute atomic E-state index is 12.0. The van der Waals surface area contributed by atoms with Gasteiger partial charge in [-0.3, -0.25) is 0 Å². The minimum atomic E-state index is -4.32. The predicted molar refractivity (Wildman–Crippen MR) is 45.0 cm³/mol. The monoisotopic (exact) mass is 188 g/mol. The summed E-state index contributed by atoms with van der Waals surface area (Å²) in [7, 11) is -4.32. The van der Waals surface area contributed by atoms with E-state index in [1.54, 1.807) is 24.3 Å². The zero-order valence-electron chi connectivity index (χ0n) is 6.40. The van der Waals surface area contributed by atoms with E-state index >= 15 is 0 Å². The molecule has 0 aliphatic heterocycles. The van der Waals surface area contributed by atoms with Gasteiger partial charge in [0.25, 0.3) is 0 Å². The van der Waals surface area contributed by atoms with Crippen molar-refractivity contribution in [2.24, 2.45) is 0 Å². The first kappa shape index (κ1) is 9.19. The highest BCUT2D eigenvalue weighted by Crippen LogP contribution is 2.02. The van der Waals surface area contributed by atoms with E-state index in [1.807, 2.05) is 6.07 Å². The predicted octanol–water partition coefficient (Wildman–Crippen LogP) is 1.53. The number of hydrogen-bond donors (Lipinski definition) is 0. The molecule has 0 atom stereocenters. The average molecular weight is 188 g/mol. The molecule has 0 fully saturated rings. The smallest absolute Gasteiger partial charge is 0.195 e. The van der Waals surface area contributed by atoms with Gasteiger partial charge in [0.05, 0.1) is 5.75 Å². The van der Waals surface area contributed by atoms with E-state index in [-0.39, 0.29) is 6.42 Å². The van der Waals surface area contributed by atoms with Crippen molar-refractivity contribution in [2.45, 2.75) is 6.42 Å². The Morgan fingerprint density at radius 1 is 1.17 bits per heavy atom. The largest absolute Gasteiger partial charge is 0.302 e. The first-order valence-electron chi connectivity index (χ1n) is 3.54. The van der Waals surface area contributed by atoms with Gasteiger partial charge in [-0.15, -0.1) is 3.89 Å². The van der Waals surface area contributed by atoms with Crippen LogP contribution in [0.1, 0.15) is 5.56 Å². The van der Waals surface area contributed by atoms with Crippen molar-refractivity contribution in [1.29, 1.82) is 0 Å². The van der Waals surface area contributed by atoms with E-state index in [4.69, 9.17) is 0 Å². The fourth-order valence-corrected chi connectivity index (χ4v) is 1.36. The Hall–Kier alpha value is -0.900. The molecule has 0 saturated heterocycles. The SMILES string of the molecule is O=S(=O)(F)CCc1ccccc1. The first-order valence-corrected chi connectivity index (χ1v) is 5.09. The van der Waals surface area contributed by atoms with Gasteiger partial charge in [0.2, 0.25) is 0 Å². The standard InChI is InChI=1S/C8H9FO2S/c9-12(10,11)7-6-8-4-2-1-3-5-8/h1-5H,6-7H2. The van der Waals surface area contributed by atoms with Crippen molar-refractivity contribution >= 4 is 10.2 Å². The number of hydrogen-bond acceptors (Lipinski definition) is 2. The van der Waals surface area contributed by atoms with Gasteiger partial charge in [0.1, 0.15) is 0 Å². The third kappa shape index (κ3) is 3.48. The molecule has 66 valence electrons. The average Bonchev–Trinajstić information content (AvgIpc) is 2.02. The number of halogens is 1. The summed E-state index contributed by atoms with van der Waals surface area (Å²) in [5.74, 6) is -0.434. The molecule has 1 aromatic rings. The van der Waals surface area contributed by atoms with Crippen LogP contribution >= 0.6 is 0 Å². The molecule has 0 aromatic heterocycles. The third-order valence-corrected chi connectivity index (χ3v) is 2.17. The minimum Gasteiger partial charge on any atom is -0.195 e. The van der Waals surface area contributed by atoms with Crippen LogP contribution in [-0.4, -0.2) is 14.2 Å². The van der Waals surface area contributed by atoms with Gasteiger partial charge in [-0.1, -0.05) is 30.3 Å². The molecule has 0 aliphatic rings. The molecule has 0 amide bonds. The van der Waals surface area contributed by atoms with Gasteiger partial charge >= 0.3 is 10.2 Å². The highest BCUT2D eigenvalue weighted by atomic mass is 32.3. The summed E-state index contributed by atoms with van der Waals surface area (Å²) in [6.07, 6.45) is 0.236. The molecule has 0 radical (unpaired) electrons. The molecule has 0 N–H and O–H groups in total. The lowest BCUT2D eigenvalue weighted by Gasteiger charge is -1.96. The molecular formula is C8H9FO2S. The number of rotatable bonds is 3. The first-order chi connectivity index (χ1) is 5.58. The molecule has 0 saturated carbocycles. The Morgan fingerprint density at radius 3 is 2.25 bits per heavy atom. The van der Waals surface area contributed by atoms with Gasteiger partial charge < -0.3 is 0 Å². The Kier molecular flexibility index (Phi) is 2.81. The summed E-state index contributed by atoms with van der Waals surface area (Å²) in [5.41, 5.74) is 0.832. The summed E-state index contributed by atoms with van der Waals surface area (Å²) < 4.78 is 32.3. The van der Waals surface area contributed by atoms with Crippen LogP contribution < -0.4 is 0 Å². The zero-order chi connectivity index (χ0) is 9.03. The topological polar surface area (TPSA) is 34.1 Å². The highest BCUT2D eigenvalue weighted by Gasteiger charge is 2.06. The fourth-order valence-electron chi connectivity index (χ4n) is 0.884. The van der Waals surface area contributed by atoms with E-state index < -0.39 is 16.0 Å². The van der Waals surface area contributed by atoms with Crippen LogP contribution in [0.25, 0.3) is 0 Å². The fraction of sp³-hybridized carbons (Fsp3) is 0.250. The highest BCUT2D eigenvalue weighted by molar-refractivity contribution is 7.86.